The van der Waals surface area contributed by atoms with Crippen molar-refractivity contribution in [1.29, 1.82) is 0 Å². The summed E-state index contributed by atoms with van der Waals surface area (Å²) in [4.78, 5) is 193. The number of carboxylic acid groups (broad SMARTS) is 1. The lowest BCUT2D eigenvalue weighted by Gasteiger charge is -2.33. The van der Waals surface area contributed by atoms with Gasteiger partial charge in [0.05, 0.1) is 23.5 Å². The Labute approximate surface area is 593 Å². The standard InChI is InChI=1S/C74H111N11O16/c1-15-16-17-18-19-20-21-22-25-36-74(14,71(101)80-49(9)65(95)84-73(12,13)70(100)79-48(8)64(94)78-47(7)62(92)61(91)46(6)76-41-44(4)63(75)93)85-66(96)51(37-43(2)3)30-34-59(88)57(39-52-42-77-55-27-24-23-26-54(52)55)81-68(98)58(38-50-28-31-53(87)32-29-50)82-67(97)56(33-35-60(89)90)83-69(99)72(10,11)40-45(5)86/h20-21,23-24,26-29,31-32,42-44,46-49,51,56-58,76-77,87H,15-19,22,25,30,33-41H2,1-14H3,(H2,75,93)(H,78,94)(H,79,100)(H,80,101)(H,81,98)(H,82,97)(H,83,99)(H,84,95)(H,85,96)(H,89,90)/b21-20+/t44-,46-,47-,48?,49-,51-,56-,57-,58?,74-/m0/s1. The number of carbonyl (C=O) groups is 14. The third-order valence-electron chi connectivity index (χ3n) is 17.7. The van der Waals surface area contributed by atoms with Crippen molar-refractivity contribution in [3.8, 4) is 5.75 Å². The number of aromatic nitrogens is 1. The number of phenolic OH excluding ortho intramolecular Hbond substituents is 1. The van der Waals surface area contributed by atoms with Gasteiger partial charge in [-0.2, -0.15) is 0 Å². The number of carbonyl (C=O) groups excluding carboxylic acids is 13. The topological polar surface area (TPSA) is 430 Å². The van der Waals surface area contributed by atoms with E-state index in [1.54, 1.807) is 13.1 Å². The minimum atomic E-state index is -1.71. The SMILES string of the molecule is CCCCCC/C=C/CCC[C@](C)(NC(=O)[C@@H](CCC(=O)[C@H](Cc1c[nH]c2ccccc12)NC(=O)C(Cc1ccc(O)cc1)NC(=O)[C@H](CCC(=O)O)NC(=O)C(C)(C)CC(C)=O)CC(C)C)C(=O)N[C@@H](C)C(=O)NC(C)(C)C(=O)NC(C)C(=O)N[C@@H](C)C(=O)C(=O)[C@H](C)NC[C@H](C)C(N)=O. The molecule has 2 unspecified atom stereocenters. The summed E-state index contributed by atoms with van der Waals surface area (Å²) in [6.07, 6.45) is 10.5. The number of hydrogen-bond acceptors (Lipinski definition) is 16. The van der Waals surface area contributed by atoms with Gasteiger partial charge in [-0.1, -0.05) is 103 Å². The van der Waals surface area contributed by atoms with Crippen LogP contribution >= 0.6 is 0 Å². The molecule has 27 heteroatoms. The Morgan fingerprint density at radius 2 is 1.18 bits per heavy atom. The van der Waals surface area contributed by atoms with Crippen molar-refractivity contribution < 1.29 is 77.3 Å². The Hall–Kier alpha value is -9.14. The van der Waals surface area contributed by atoms with Gasteiger partial charge in [0.15, 0.2) is 5.78 Å². The van der Waals surface area contributed by atoms with Crippen LogP contribution in [0.4, 0.5) is 0 Å². The van der Waals surface area contributed by atoms with Gasteiger partial charge in [-0.05, 0) is 142 Å². The van der Waals surface area contributed by atoms with E-state index in [2.05, 4.69) is 65.8 Å². The van der Waals surface area contributed by atoms with Gasteiger partial charge in [0, 0.05) is 67.6 Å². The number of phenols is 1. The summed E-state index contributed by atoms with van der Waals surface area (Å²) in [6, 6.07) is 3.94. The number of carboxylic acids is 1. The Kier molecular flexibility index (Phi) is 34.9. The van der Waals surface area contributed by atoms with Crippen LogP contribution in [0.1, 0.15) is 198 Å². The predicted molar refractivity (Wildman–Crippen MR) is 382 cm³/mol. The van der Waals surface area contributed by atoms with Gasteiger partial charge in [-0.15, -0.1) is 0 Å². The zero-order valence-corrected chi connectivity index (χ0v) is 61.3. The number of benzene rings is 2. The molecule has 0 fully saturated rings. The van der Waals surface area contributed by atoms with Crippen LogP contribution in [0.3, 0.4) is 0 Å². The Bertz CT molecular complexity index is 3410. The minimum absolute atomic E-state index is 0.0335. The van der Waals surface area contributed by atoms with E-state index in [4.69, 9.17) is 5.73 Å². The van der Waals surface area contributed by atoms with Gasteiger partial charge in [-0.25, -0.2) is 0 Å². The van der Waals surface area contributed by atoms with Gasteiger partial charge in [-0.3, -0.25) is 67.1 Å². The molecule has 558 valence electrons. The normalized spacial score (nSPS) is 15.0. The van der Waals surface area contributed by atoms with Crippen LogP contribution in [0, 0.1) is 23.2 Å². The zero-order valence-electron chi connectivity index (χ0n) is 61.3. The first-order valence-corrected chi connectivity index (χ1v) is 35.0. The smallest absolute Gasteiger partial charge is 0.303 e. The molecule has 2 aromatic carbocycles. The average Bonchev–Trinajstić information content (AvgIpc) is 1.81. The largest absolute Gasteiger partial charge is 0.508 e. The van der Waals surface area contributed by atoms with Gasteiger partial charge >= 0.3 is 5.97 Å². The molecule has 0 bridgehead atoms. The maximum Gasteiger partial charge on any atom is 0.303 e. The zero-order chi connectivity index (χ0) is 76.1. The monoisotopic (exact) mass is 1410 g/mol. The van der Waals surface area contributed by atoms with E-state index in [0.29, 0.717) is 24.0 Å². The second-order valence-electron chi connectivity index (χ2n) is 28.5. The van der Waals surface area contributed by atoms with E-state index in [1.165, 1.54) is 93.5 Å². The molecule has 1 aromatic heterocycles. The number of aromatic amines is 1. The summed E-state index contributed by atoms with van der Waals surface area (Å²) in [7, 11) is 0. The third-order valence-corrected chi connectivity index (χ3v) is 17.7. The number of aliphatic carboxylic acids is 1. The van der Waals surface area contributed by atoms with Crippen molar-refractivity contribution in [2.75, 3.05) is 6.54 Å². The number of fused-ring (bicyclic) bond motifs is 1. The molecule has 0 saturated heterocycles. The van der Waals surface area contributed by atoms with Gasteiger partial charge in [0.25, 0.3) is 0 Å². The highest BCUT2D eigenvalue weighted by atomic mass is 16.4. The number of rotatable bonds is 47. The van der Waals surface area contributed by atoms with Crippen LogP contribution in [0.25, 0.3) is 10.9 Å². The van der Waals surface area contributed by atoms with Crippen LogP contribution in [-0.4, -0.2) is 157 Å². The molecule has 1 heterocycles. The number of amides is 9. The van der Waals surface area contributed by atoms with E-state index in [0.717, 1.165) is 43.0 Å². The van der Waals surface area contributed by atoms with E-state index in [1.807, 2.05) is 44.2 Å². The summed E-state index contributed by atoms with van der Waals surface area (Å²) in [5.41, 5.74) is 2.45. The summed E-state index contributed by atoms with van der Waals surface area (Å²) in [5, 5.41) is 44.6. The van der Waals surface area contributed by atoms with E-state index in [-0.39, 0.29) is 68.9 Å². The second kappa shape index (κ2) is 40.9. The molecule has 0 aliphatic heterocycles. The van der Waals surface area contributed by atoms with Crippen LogP contribution in [-0.2, 0) is 80.0 Å². The molecular formula is C74H111N11O16. The minimum Gasteiger partial charge on any atom is -0.508 e. The van der Waals surface area contributed by atoms with Gasteiger partial charge in [0.1, 0.15) is 46.8 Å². The van der Waals surface area contributed by atoms with Crippen LogP contribution in [0.5, 0.6) is 5.75 Å². The maximum absolute atomic E-state index is 15.0. The molecule has 10 atom stereocenters. The van der Waals surface area contributed by atoms with Crippen molar-refractivity contribution in [3.63, 3.8) is 0 Å². The number of hydrogen-bond donors (Lipinski definition) is 13. The molecule has 27 nitrogen and oxygen atoms in total. The molecule has 3 rings (SSSR count). The predicted octanol–water partition coefficient (Wildman–Crippen LogP) is 5.21. The van der Waals surface area contributed by atoms with E-state index in [9.17, 15) is 72.5 Å². The summed E-state index contributed by atoms with van der Waals surface area (Å²) >= 11 is 0. The lowest BCUT2D eigenvalue weighted by Crippen LogP contribution is -2.63. The molecular weight excluding hydrogens is 1300 g/mol. The van der Waals surface area contributed by atoms with Crippen LogP contribution in [0.15, 0.2) is 66.9 Å². The van der Waals surface area contributed by atoms with Crippen molar-refractivity contribution in [2.45, 2.75) is 253 Å². The van der Waals surface area contributed by atoms with Crippen LogP contribution < -0.4 is 53.6 Å². The number of para-hydroxylation sites is 1. The number of allylic oxidation sites excluding steroid dienone is 2. The van der Waals surface area contributed by atoms with Crippen molar-refractivity contribution in [1.82, 2.24) is 52.8 Å². The average molecular weight is 1410 g/mol. The van der Waals surface area contributed by atoms with Crippen molar-refractivity contribution in [3.05, 3.63) is 78.0 Å². The molecule has 0 spiro atoms. The number of unbranched alkanes of at least 4 members (excludes halogenated alkanes) is 5. The fourth-order valence-electron chi connectivity index (χ4n) is 11.2. The first kappa shape index (κ1) is 86.1. The number of aromatic hydroxyl groups is 1. The number of nitrogens with one attached hydrogen (secondary N) is 10. The van der Waals surface area contributed by atoms with Crippen LogP contribution in [0.2, 0.25) is 0 Å². The van der Waals surface area contributed by atoms with Crippen molar-refractivity contribution in [2.24, 2.45) is 28.9 Å². The van der Waals surface area contributed by atoms with Gasteiger partial charge in [0.2, 0.25) is 64.7 Å². The molecule has 9 amide bonds. The number of primary amides is 1. The molecule has 0 radical (unpaired) electrons. The lowest BCUT2D eigenvalue weighted by atomic mass is 9.86. The highest BCUT2D eigenvalue weighted by Gasteiger charge is 2.41. The Balaban J connectivity index is 1.95. The molecule has 101 heavy (non-hydrogen) atoms. The Morgan fingerprint density at radius 1 is 0.584 bits per heavy atom. The quantitative estimate of drug-likeness (QED) is 0.0196. The third kappa shape index (κ3) is 29.2. The van der Waals surface area contributed by atoms with Gasteiger partial charge < -0.3 is 68.8 Å². The van der Waals surface area contributed by atoms with E-state index < -0.39 is 160 Å². The van der Waals surface area contributed by atoms with E-state index >= 15 is 4.79 Å². The summed E-state index contributed by atoms with van der Waals surface area (Å²) < 4.78 is 0. The second-order valence-corrected chi connectivity index (χ2v) is 28.5. The first-order chi connectivity index (χ1) is 47.2. The molecule has 0 aliphatic carbocycles. The highest BCUT2D eigenvalue weighted by molar-refractivity contribution is 6.41. The number of ketones is 4. The fraction of sp³-hybridized carbons (Fsp3) is 0.595. The summed E-state index contributed by atoms with van der Waals surface area (Å²) in [5.74, 6) is -12.4. The molecule has 3 aromatic rings. The number of H-pyrrole nitrogens is 1. The summed E-state index contributed by atoms with van der Waals surface area (Å²) in [6.45, 7) is 21.5. The number of Topliss-reactive ketones (excluding diaryl/α,β-unsaturated/α-hetero) is 4. The first-order valence-electron chi connectivity index (χ1n) is 35.0. The molecule has 0 aliphatic rings. The Morgan fingerprint density at radius 3 is 1.79 bits per heavy atom. The maximum atomic E-state index is 15.0. The molecule has 0 saturated carbocycles. The fourth-order valence-corrected chi connectivity index (χ4v) is 11.2. The highest BCUT2D eigenvalue weighted by Crippen LogP contribution is 2.26. The molecule has 14 N–H and O–H groups in total. The lowest BCUT2D eigenvalue weighted by molar-refractivity contribution is -0.140. The van der Waals surface area contributed by atoms with Crippen molar-refractivity contribution >= 4 is 93.2 Å². The number of nitrogens with two attached hydrogens (primary N) is 1.